The first-order valence-electron chi connectivity index (χ1n) is 8.46. The van der Waals surface area contributed by atoms with Gasteiger partial charge in [0.15, 0.2) is 0 Å². The summed E-state index contributed by atoms with van der Waals surface area (Å²) in [5.74, 6) is 0. The predicted octanol–water partition coefficient (Wildman–Crippen LogP) is 6.00. The van der Waals surface area contributed by atoms with E-state index in [1.54, 1.807) is 0 Å². The van der Waals surface area contributed by atoms with Crippen molar-refractivity contribution in [2.45, 2.75) is 6.10 Å². The summed E-state index contributed by atoms with van der Waals surface area (Å²) in [5.41, 5.74) is 9.16. The molecule has 26 heavy (non-hydrogen) atoms. The van der Waals surface area contributed by atoms with Gasteiger partial charge in [-0.2, -0.15) is 0 Å². The fourth-order valence-electron chi connectivity index (χ4n) is 3.46. The molecular formula is C22H15ClN2O. The molecule has 3 aromatic carbocycles. The molecule has 1 aliphatic heterocycles. The number of aromatic nitrogens is 1. The maximum absolute atomic E-state index is 6.06. The third-order valence-corrected chi connectivity index (χ3v) is 4.94. The normalized spacial score (nSPS) is 15.7. The monoisotopic (exact) mass is 358 g/mol. The number of rotatable bonds is 2. The zero-order chi connectivity index (χ0) is 17.5. The van der Waals surface area contributed by atoms with Gasteiger partial charge in [0.1, 0.15) is 6.10 Å². The van der Waals surface area contributed by atoms with Gasteiger partial charge in [0.25, 0.3) is 0 Å². The first-order chi connectivity index (χ1) is 12.8. The van der Waals surface area contributed by atoms with Crippen molar-refractivity contribution in [1.29, 1.82) is 0 Å². The second-order valence-electron chi connectivity index (χ2n) is 6.28. The van der Waals surface area contributed by atoms with Crippen molar-refractivity contribution in [2.24, 2.45) is 0 Å². The van der Waals surface area contributed by atoms with E-state index in [4.69, 9.17) is 21.4 Å². The topological polar surface area (TPSA) is 34.1 Å². The summed E-state index contributed by atoms with van der Waals surface area (Å²) in [6.45, 7) is 0. The number of nitrogens with one attached hydrogen (secondary N) is 1. The van der Waals surface area contributed by atoms with Gasteiger partial charge < -0.3 is 0 Å². The molecule has 0 radical (unpaired) electrons. The zero-order valence-electron chi connectivity index (χ0n) is 13.8. The van der Waals surface area contributed by atoms with Gasteiger partial charge in [-0.15, -0.1) is 0 Å². The number of pyridine rings is 1. The molecule has 0 amide bonds. The zero-order valence-corrected chi connectivity index (χ0v) is 14.6. The van der Waals surface area contributed by atoms with E-state index in [0.29, 0.717) is 5.02 Å². The van der Waals surface area contributed by atoms with Crippen molar-refractivity contribution in [3.8, 4) is 11.3 Å². The smallest absolute Gasteiger partial charge is 0.140 e. The highest BCUT2D eigenvalue weighted by atomic mass is 35.5. The molecule has 0 saturated carbocycles. The van der Waals surface area contributed by atoms with Crippen LogP contribution in [0.5, 0.6) is 0 Å². The van der Waals surface area contributed by atoms with Crippen LogP contribution in [0.25, 0.3) is 22.2 Å². The number of anilines is 1. The average Bonchev–Trinajstić information content (AvgIpc) is 3.14. The van der Waals surface area contributed by atoms with Gasteiger partial charge in [0.05, 0.1) is 16.9 Å². The summed E-state index contributed by atoms with van der Waals surface area (Å²) in [5, 5.41) is 1.76. The maximum atomic E-state index is 6.06. The van der Waals surface area contributed by atoms with Crippen LogP contribution in [0.3, 0.4) is 0 Å². The highest BCUT2D eigenvalue weighted by Crippen LogP contribution is 2.45. The van der Waals surface area contributed by atoms with Crippen molar-refractivity contribution in [3.63, 3.8) is 0 Å². The van der Waals surface area contributed by atoms with Crippen LogP contribution >= 0.6 is 11.6 Å². The number of fused-ring (bicyclic) bond motifs is 3. The minimum absolute atomic E-state index is 0.241. The van der Waals surface area contributed by atoms with E-state index in [1.807, 2.05) is 60.7 Å². The summed E-state index contributed by atoms with van der Waals surface area (Å²) < 4.78 is 0. The number of hydrogen-bond acceptors (Lipinski definition) is 3. The Labute approximate surface area is 156 Å². The van der Waals surface area contributed by atoms with Crippen LogP contribution in [0.2, 0.25) is 5.02 Å². The Morgan fingerprint density at radius 2 is 1.58 bits per heavy atom. The lowest BCUT2D eigenvalue weighted by Crippen LogP contribution is -2.02. The fraction of sp³-hybridized carbons (Fsp3) is 0.0455. The summed E-state index contributed by atoms with van der Waals surface area (Å²) in [4.78, 5) is 11.0. The van der Waals surface area contributed by atoms with Crippen molar-refractivity contribution in [3.05, 3.63) is 95.0 Å². The molecule has 5 rings (SSSR count). The number of para-hydroxylation sites is 1. The minimum Gasteiger partial charge on any atom is -0.265 e. The molecule has 2 heterocycles. The lowest BCUT2D eigenvalue weighted by Gasteiger charge is -2.14. The van der Waals surface area contributed by atoms with E-state index in [9.17, 15) is 0 Å². The number of halogens is 1. The molecule has 1 N–H and O–H groups in total. The van der Waals surface area contributed by atoms with Crippen LogP contribution in [-0.2, 0) is 4.84 Å². The minimum atomic E-state index is -0.241. The van der Waals surface area contributed by atoms with E-state index in [0.717, 1.165) is 39.0 Å². The highest BCUT2D eigenvalue weighted by molar-refractivity contribution is 6.30. The van der Waals surface area contributed by atoms with E-state index < -0.39 is 0 Å². The molecule has 4 aromatic rings. The van der Waals surface area contributed by atoms with Gasteiger partial charge in [-0.05, 0) is 23.8 Å². The first-order valence-corrected chi connectivity index (χ1v) is 8.84. The van der Waals surface area contributed by atoms with Gasteiger partial charge >= 0.3 is 0 Å². The molecule has 0 bridgehead atoms. The molecular weight excluding hydrogens is 344 g/mol. The van der Waals surface area contributed by atoms with Crippen LogP contribution in [0.1, 0.15) is 17.2 Å². The molecule has 4 heteroatoms. The van der Waals surface area contributed by atoms with Crippen molar-refractivity contribution >= 4 is 28.2 Å². The van der Waals surface area contributed by atoms with Gasteiger partial charge in [0.2, 0.25) is 0 Å². The molecule has 1 aliphatic rings. The number of benzene rings is 3. The third kappa shape index (κ3) is 2.45. The van der Waals surface area contributed by atoms with Gasteiger partial charge in [-0.3, -0.25) is 10.3 Å². The molecule has 0 saturated heterocycles. The van der Waals surface area contributed by atoms with Gasteiger partial charge in [0, 0.05) is 21.5 Å². The van der Waals surface area contributed by atoms with Crippen molar-refractivity contribution in [1.82, 2.24) is 4.98 Å². The van der Waals surface area contributed by atoms with Crippen molar-refractivity contribution in [2.75, 3.05) is 5.48 Å². The predicted molar refractivity (Wildman–Crippen MR) is 105 cm³/mol. The third-order valence-electron chi connectivity index (χ3n) is 4.69. The van der Waals surface area contributed by atoms with Crippen LogP contribution in [0, 0.1) is 0 Å². The fourth-order valence-corrected chi connectivity index (χ4v) is 3.58. The summed E-state index contributed by atoms with van der Waals surface area (Å²) >= 11 is 6.06. The van der Waals surface area contributed by atoms with Crippen LogP contribution in [0.4, 0.5) is 5.69 Å². The second-order valence-corrected chi connectivity index (χ2v) is 6.72. The number of nitrogens with zero attached hydrogens (tertiary/aromatic N) is 1. The Morgan fingerprint density at radius 3 is 2.38 bits per heavy atom. The van der Waals surface area contributed by atoms with E-state index in [2.05, 4.69) is 23.7 Å². The molecule has 126 valence electrons. The first kappa shape index (κ1) is 15.4. The van der Waals surface area contributed by atoms with E-state index >= 15 is 0 Å². The molecule has 1 atom stereocenters. The number of hydrogen-bond donors (Lipinski definition) is 1. The summed E-state index contributed by atoms with van der Waals surface area (Å²) in [7, 11) is 0. The van der Waals surface area contributed by atoms with Crippen LogP contribution < -0.4 is 5.48 Å². The van der Waals surface area contributed by atoms with Crippen LogP contribution in [-0.4, -0.2) is 4.98 Å². The molecule has 0 aliphatic carbocycles. The lowest BCUT2D eigenvalue weighted by atomic mass is 9.94. The van der Waals surface area contributed by atoms with E-state index in [-0.39, 0.29) is 6.10 Å². The average molecular weight is 359 g/mol. The lowest BCUT2D eigenvalue weighted by molar-refractivity contribution is 0.155. The van der Waals surface area contributed by atoms with Gasteiger partial charge in [-0.25, -0.2) is 4.98 Å². The molecule has 3 nitrogen and oxygen atoms in total. The molecule has 0 spiro atoms. The Kier molecular flexibility index (Phi) is 3.63. The Morgan fingerprint density at radius 1 is 0.846 bits per heavy atom. The largest absolute Gasteiger partial charge is 0.265 e. The highest BCUT2D eigenvalue weighted by Gasteiger charge is 2.31. The van der Waals surface area contributed by atoms with Crippen molar-refractivity contribution < 1.29 is 4.84 Å². The standard InChI is InChI=1S/C22H15ClN2O/c23-16-12-10-15(11-13-16)22-19-20(14-6-2-1-3-7-14)24-18-9-5-4-8-17(18)21(19)25-26-22/h1-13,22,25H. The molecule has 1 unspecified atom stereocenters. The maximum Gasteiger partial charge on any atom is 0.140 e. The Bertz CT molecular complexity index is 1090. The summed E-state index contributed by atoms with van der Waals surface area (Å²) in [6, 6.07) is 26.1. The van der Waals surface area contributed by atoms with Crippen LogP contribution in [0.15, 0.2) is 78.9 Å². The van der Waals surface area contributed by atoms with Gasteiger partial charge in [-0.1, -0.05) is 72.3 Å². The van der Waals surface area contributed by atoms with E-state index in [1.165, 1.54) is 0 Å². The second kappa shape index (κ2) is 6.13. The summed E-state index contributed by atoms with van der Waals surface area (Å²) in [6.07, 6.45) is -0.241. The SMILES string of the molecule is Clc1ccc(C2ONc3c2c(-c2ccccc2)nc2ccccc32)cc1. The molecule has 0 fully saturated rings. The quantitative estimate of drug-likeness (QED) is 0.477. The Balaban J connectivity index is 1.79. The molecule has 1 aromatic heterocycles. The Hall–Kier alpha value is -2.88.